The lowest BCUT2D eigenvalue weighted by Crippen LogP contribution is -2.43. The molecule has 0 unspecified atom stereocenters. The van der Waals surface area contributed by atoms with Crippen molar-refractivity contribution in [2.75, 3.05) is 32.7 Å². The molecule has 3 saturated heterocycles. The van der Waals surface area contributed by atoms with Gasteiger partial charge in [0.25, 0.3) is 0 Å². The van der Waals surface area contributed by atoms with E-state index in [1.807, 2.05) is 0 Å². The van der Waals surface area contributed by atoms with Gasteiger partial charge in [0.05, 0.1) is 0 Å². The topological polar surface area (TPSA) is 61.4 Å². The van der Waals surface area contributed by atoms with Gasteiger partial charge in [-0.25, -0.2) is 0 Å². The van der Waals surface area contributed by atoms with E-state index >= 15 is 0 Å². The van der Waals surface area contributed by atoms with Crippen molar-refractivity contribution in [1.29, 1.82) is 0 Å². The van der Waals surface area contributed by atoms with Gasteiger partial charge in [-0.2, -0.15) is 0 Å². The van der Waals surface area contributed by atoms with Crippen LogP contribution in [-0.2, 0) is 9.59 Å². The first-order valence-corrected chi connectivity index (χ1v) is 12.6. The van der Waals surface area contributed by atoms with E-state index in [0.717, 1.165) is 76.6 Å². The highest BCUT2D eigenvalue weighted by Crippen LogP contribution is 2.49. The highest BCUT2D eigenvalue weighted by molar-refractivity contribution is 5.78. The molecule has 4 rings (SSSR count). The summed E-state index contributed by atoms with van der Waals surface area (Å²) in [6, 6.07) is 0. The Hall–Kier alpha value is -1.88. The third-order valence-corrected chi connectivity index (χ3v) is 8.16. The number of amides is 2. The van der Waals surface area contributed by atoms with Crippen molar-refractivity contribution < 1.29 is 9.59 Å². The van der Waals surface area contributed by atoms with Crippen LogP contribution in [-0.4, -0.2) is 49.4 Å². The second-order valence-corrected chi connectivity index (χ2v) is 10.5. The van der Waals surface area contributed by atoms with Crippen LogP contribution in [0.3, 0.4) is 0 Å². The van der Waals surface area contributed by atoms with Crippen molar-refractivity contribution in [1.82, 2.24) is 15.5 Å². The van der Waals surface area contributed by atoms with E-state index in [4.69, 9.17) is 0 Å². The molecule has 4 fully saturated rings. The summed E-state index contributed by atoms with van der Waals surface area (Å²) in [5, 5.41) is 6.18. The molecule has 5 nitrogen and oxygen atoms in total. The SMILES string of the molecule is C=C[C@]1(C)CC[C@@H]2C[C@H]1C(=C)CN1CCC(CC1)C(=O)NCCCCCC(=O)NCC2=C. The van der Waals surface area contributed by atoms with Crippen molar-refractivity contribution in [3.05, 3.63) is 37.0 Å². The van der Waals surface area contributed by atoms with Gasteiger partial charge in [0.15, 0.2) is 0 Å². The van der Waals surface area contributed by atoms with Crippen LogP contribution in [0.25, 0.3) is 0 Å². The molecular formula is C27H43N3O2. The Bertz CT molecular complexity index is 722. The molecule has 1 saturated carbocycles. The molecule has 3 heterocycles. The number of fused-ring (bicyclic) bond motifs is 13. The molecule has 0 aromatic carbocycles. The van der Waals surface area contributed by atoms with Gasteiger partial charge in [-0.15, -0.1) is 6.58 Å². The maximum absolute atomic E-state index is 12.5. The van der Waals surface area contributed by atoms with Gasteiger partial charge < -0.3 is 10.6 Å². The Morgan fingerprint density at radius 3 is 2.47 bits per heavy atom. The number of hydrogen-bond acceptors (Lipinski definition) is 3. The van der Waals surface area contributed by atoms with Crippen LogP contribution in [0.5, 0.6) is 0 Å². The fraction of sp³-hybridized carbons (Fsp3) is 0.704. The Morgan fingerprint density at radius 1 is 1.00 bits per heavy atom. The summed E-state index contributed by atoms with van der Waals surface area (Å²) in [5.41, 5.74) is 2.46. The largest absolute Gasteiger partial charge is 0.356 e. The number of hydrogen-bond donors (Lipinski definition) is 2. The number of piperidine rings is 1. The number of rotatable bonds is 1. The molecule has 4 bridgehead atoms. The van der Waals surface area contributed by atoms with Gasteiger partial charge in [0.1, 0.15) is 0 Å². The summed E-state index contributed by atoms with van der Waals surface area (Å²) < 4.78 is 0. The molecule has 0 radical (unpaired) electrons. The maximum Gasteiger partial charge on any atom is 0.223 e. The van der Waals surface area contributed by atoms with Crippen molar-refractivity contribution >= 4 is 11.8 Å². The molecule has 5 heteroatoms. The summed E-state index contributed by atoms with van der Waals surface area (Å²) in [7, 11) is 0. The standard InChI is InChI=1S/C27H43N3O2/c1-5-27(4)13-10-23-17-24(27)21(3)19-30-15-11-22(12-16-30)26(32)28-14-8-6-7-9-25(31)29-18-20(23)2/h5,22-24H,1-3,6-19H2,4H3,(H,28,32)(H,29,31)/t23-,24+,27-/m1/s1. The summed E-state index contributed by atoms with van der Waals surface area (Å²) in [6.07, 6.45) is 10.4. The lowest BCUT2D eigenvalue weighted by molar-refractivity contribution is -0.126. The monoisotopic (exact) mass is 441 g/mol. The normalized spacial score (nSPS) is 36.2. The maximum atomic E-state index is 12.5. The molecular weight excluding hydrogens is 398 g/mol. The highest BCUT2D eigenvalue weighted by atomic mass is 16.2. The Morgan fingerprint density at radius 2 is 1.75 bits per heavy atom. The number of nitrogens with zero attached hydrogens (tertiary/aromatic N) is 1. The van der Waals surface area contributed by atoms with Gasteiger partial charge in [-0.1, -0.05) is 43.7 Å². The van der Waals surface area contributed by atoms with Crippen molar-refractivity contribution in [2.45, 2.75) is 64.7 Å². The molecule has 3 aliphatic heterocycles. The molecule has 2 N–H and O–H groups in total. The van der Waals surface area contributed by atoms with E-state index in [1.165, 1.54) is 5.57 Å². The molecule has 32 heavy (non-hydrogen) atoms. The van der Waals surface area contributed by atoms with Gasteiger partial charge in [-0.3, -0.25) is 14.5 Å². The van der Waals surface area contributed by atoms with Gasteiger partial charge in [0.2, 0.25) is 11.8 Å². The molecule has 2 amide bonds. The van der Waals surface area contributed by atoms with E-state index in [1.54, 1.807) is 0 Å². The second-order valence-electron chi connectivity index (χ2n) is 10.5. The average Bonchev–Trinajstić information content (AvgIpc) is 2.79. The molecule has 0 aromatic rings. The minimum absolute atomic E-state index is 0.0479. The second kappa shape index (κ2) is 11.3. The quantitative estimate of drug-likeness (QED) is 0.599. The lowest BCUT2D eigenvalue weighted by Gasteiger charge is -2.45. The molecule has 3 atom stereocenters. The smallest absolute Gasteiger partial charge is 0.223 e. The third-order valence-electron chi connectivity index (χ3n) is 8.16. The van der Waals surface area contributed by atoms with E-state index < -0.39 is 0 Å². The van der Waals surface area contributed by atoms with E-state index in [-0.39, 0.29) is 23.1 Å². The van der Waals surface area contributed by atoms with Crippen LogP contribution in [0.2, 0.25) is 0 Å². The first-order chi connectivity index (χ1) is 15.3. The lowest BCUT2D eigenvalue weighted by atomic mass is 9.61. The molecule has 0 aromatic heterocycles. The zero-order valence-corrected chi connectivity index (χ0v) is 20.1. The summed E-state index contributed by atoms with van der Waals surface area (Å²) in [6.45, 7) is 19.4. The van der Waals surface area contributed by atoms with Crippen LogP contribution in [0.4, 0.5) is 0 Å². The zero-order chi connectivity index (χ0) is 23.1. The van der Waals surface area contributed by atoms with Crippen LogP contribution < -0.4 is 10.6 Å². The molecule has 178 valence electrons. The van der Waals surface area contributed by atoms with Gasteiger partial charge in [-0.05, 0) is 75.3 Å². The number of carbonyl (C=O) groups is 2. The van der Waals surface area contributed by atoms with E-state index in [0.29, 0.717) is 31.3 Å². The van der Waals surface area contributed by atoms with Crippen LogP contribution in [0, 0.1) is 23.2 Å². The van der Waals surface area contributed by atoms with Crippen molar-refractivity contribution in [3.63, 3.8) is 0 Å². The zero-order valence-electron chi connectivity index (χ0n) is 20.1. The number of nitrogens with one attached hydrogen (secondary N) is 2. The van der Waals surface area contributed by atoms with Gasteiger partial charge >= 0.3 is 0 Å². The number of allylic oxidation sites excluding steroid dienone is 1. The van der Waals surface area contributed by atoms with Crippen molar-refractivity contribution in [3.8, 4) is 0 Å². The molecule has 4 aliphatic rings. The third kappa shape index (κ3) is 6.34. The number of carbonyl (C=O) groups excluding carboxylic acids is 2. The van der Waals surface area contributed by atoms with Gasteiger partial charge in [0, 0.05) is 32.0 Å². The fourth-order valence-electron chi connectivity index (χ4n) is 5.72. The first kappa shape index (κ1) is 24.8. The Kier molecular flexibility index (Phi) is 8.75. The van der Waals surface area contributed by atoms with Crippen molar-refractivity contribution in [2.24, 2.45) is 23.2 Å². The van der Waals surface area contributed by atoms with E-state index in [9.17, 15) is 9.59 Å². The summed E-state index contributed by atoms with van der Waals surface area (Å²) in [4.78, 5) is 27.3. The van der Waals surface area contributed by atoms with E-state index in [2.05, 4.69) is 48.3 Å². The minimum atomic E-state index is 0.0479. The first-order valence-electron chi connectivity index (χ1n) is 12.6. The molecule has 0 spiro atoms. The summed E-state index contributed by atoms with van der Waals surface area (Å²) in [5.74, 6) is 1.19. The highest BCUT2D eigenvalue weighted by Gasteiger charge is 2.40. The Labute approximate surface area is 194 Å². The molecule has 1 aliphatic carbocycles. The average molecular weight is 442 g/mol. The van der Waals surface area contributed by atoms with Crippen LogP contribution in [0.1, 0.15) is 64.7 Å². The predicted molar refractivity (Wildman–Crippen MR) is 131 cm³/mol. The van der Waals surface area contributed by atoms with Crippen LogP contribution in [0.15, 0.2) is 37.0 Å². The summed E-state index contributed by atoms with van der Waals surface area (Å²) >= 11 is 0. The fourth-order valence-corrected chi connectivity index (χ4v) is 5.72. The minimum Gasteiger partial charge on any atom is -0.356 e. The predicted octanol–water partition coefficient (Wildman–Crippen LogP) is 4.23. The Balaban J connectivity index is 1.70. The van der Waals surface area contributed by atoms with Crippen LogP contribution >= 0.6 is 0 Å².